The van der Waals surface area contributed by atoms with Crippen LogP contribution in [0.1, 0.15) is 17.3 Å². The van der Waals surface area contributed by atoms with Crippen molar-refractivity contribution in [2.24, 2.45) is 0 Å². The van der Waals surface area contributed by atoms with Crippen LogP contribution in [0.5, 0.6) is 5.75 Å². The van der Waals surface area contributed by atoms with Crippen LogP contribution in [0.25, 0.3) is 0 Å². The number of anilines is 1. The van der Waals surface area contributed by atoms with E-state index in [0.717, 1.165) is 6.07 Å². The first-order valence-corrected chi connectivity index (χ1v) is 4.18. The first-order valence-electron chi connectivity index (χ1n) is 4.18. The molecular formula is C10H10FNO3. The molecule has 0 fully saturated rings. The highest BCUT2D eigenvalue weighted by atomic mass is 19.1. The predicted octanol–water partition coefficient (Wildman–Crippen LogP) is 1.61. The van der Waals surface area contributed by atoms with E-state index >= 15 is 0 Å². The molecule has 0 saturated heterocycles. The Bertz CT molecular complexity index is 404. The van der Waals surface area contributed by atoms with E-state index in [4.69, 9.17) is 4.74 Å². The molecule has 0 radical (unpaired) electrons. The number of carbonyl (C=O) groups excluding carboxylic acids is 2. The Morgan fingerprint density at radius 2 is 2.20 bits per heavy atom. The van der Waals surface area contributed by atoms with Crippen molar-refractivity contribution in [2.75, 3.05) is 12.4 Å². The Labute approximate surface area is 86.0 Å². The lowest BCUT2D eigenvalue weighted by Crippen LogP contribution is -2.08. The molecule has 0 unspecified atom stereocenters. The van der Waals surface area contributed by atoms with Gasteiger partial charge in [0.1, 0.15) is 11.6 Å². The lowest BCUT2D eigenvalue weighted by atomic mass is 10.2. The largest absolute Gasteiger partial charge is 0.496 e. The minimum Gasteiger partial charge on any atom is -0.496 e. The summed E-state index contributed by atoms with van der Waals surface area (Å²) in [6.07, 6.45) is 0.531. The molecule has 1 aromatic rings. The van der Waals surface area contributed by atoms with Gasteiger partial charge >= 0.3 is 0 Å². The van der Waals surface area contributed by atoms with Gasteiger partial charge in [-0.25, -0.2) is 4.39 Å². The van der Waals surface area contributed by atoms with Crippen molar-refractivity contribution in [1.82, 2.24) is 0 Å². The van der Waals surface area contributed by atoms with Gasteiger partial charge in [0.25, 0.3) is 0 Å². The first-order chi connectivity index (χ1) is 7.08. The molecule has 0 aliphatic heterocycles. The molecule has 5 heteroatoms. The monoisotopic (exact) mass is 211 g/mol. The number of hydrogen-bond donors (Lipinski definition) is 1. The van der Waals surface area contributed by atoms with E-state index in [-0.39, 0.29) is 17.0 Å². The van der Waals surface area contributed by atoms with Gasteiger partial charge in [0, 0.05) is 13.0 Å². The van der Waals surface area contributed by atoms with Crippen LogP contribution in [-0.2, 0) is 4.79 Å². The molecule has 0 saturated carbocycles. The Hall–Kier alpha value is -1.91. The molecular weight excluding hydrogens is 201 g/mol. The van der Waals surface area contributed by atoms with Gasteiger partial charge in [0.05, 0.1) is 18.4 Å². The van der Waals surface area contributed by atoms with Gasteiger partial charge in [-0.2, -0.15) is 0 Å². The SMILES string of the molecule is COc1cc(F)c(NC(C)=O)cc1C=O. The second-order valence-corrected chi connectivity index (χ2v) is 2.87. The number of rotatable bonds is 3. The van der Waals surface area contributed by atoms with E-state index in [1.54, 1.807) is 0 Å². The highest BCUT2D eigenvalue weighted by Gasteiger charge is 2.10. The van der Waals surface area contributed by atoms with Crippen LogP contribution in [0.3, 0.4) is 0 Å². The lowest BCUT2D eigenvalue weighted by Gasteiger charge is -2.08. The number of nitrogens with one attached hydrogen (secondary N) is 1. The van der Waals surface area contributed by atoms with Crippen molar-refractivity contribution in [3.05, 3.63) is 23.5 Å². The molecule has 1 aromatic carbocycles. The van der Waals surface area contributed by atoms with Gasteiger partial charge in [0.15, 0.2) is 6.29 Å². The van der Waals surface area contributed by atoms with Crippen molar-refractivity contribution < 1.29 is 18.7 Å². The molecule has 0 aliphatic carbocycles. The van der Waals surface area contributed by atoms with Crippen molar-refractivity contribution >= 4 is 17.9 Å². The Balaban J connectivity index is 3.19. The minimum atomic E-state index is -0.646. The molecule has 1 N–H and O–H groups in total. The highest BCUT2D eigenvalue weighted by Crippen LogP contribution is 2.24. The van der Waals surface area contributed by atoms with Gasteiger partial charge in [-0.15, -0.1) is 0 Å². The van der Waals surface area contributed by atoms with Gasteiger partial charge in [-0.05, 0) is 6.07 Å². The summed E-state index contributed by atoms with van der Waals surface area (Å²) < 4.78 is 18.1. The van der Waals surface area contributed by atoms with E-state index in [9.17, 15) is 14.0 Å². The fraction of sp³-hybridized carbons (Fsp3) is 0.200. The second-order valence-electron chi connectivity index (χ2n) is 2.87. The number of ether oxygens (including phenoxy) is 1. The molecule has 0 heterocycles. The number of amides is 1. The van der Waals surface area contributed by atoms with E-state index in [0.29, 0.717) is 6.29 Å². The first kappa shape index (κ1) is 11.2. The van der Waals surface area contributed by atoms with Gasteiger partial charge in [-0.1, -0.05) is 0 Å². The Morgan fingerprint density at radius 3 is 2.67 bits per heavy atom. The van der Waals surface area contributed by atoms with E-state index in [2.05, 4.69) is 5.32 Å². The highest BCUT2D eigenvalue weighted by molar-refractivity contribution is 5.91. The quantitative estimate of drug-likeness (QED) is 0.772. The van der Waals surface area contributed by atoms with Crippen LogP contribution in [0, 0.1) is 5.82 Å². The summed E-state index contributed by atoms with van der Waals surface area (Å²) >= 11 is 0. The third-order valence-corrected chi connectivity index (χ3v) is 1.76. The maximum Gasteiger partial charge on any atom is 0.221 e. The van der Waals surface area contributed by atoms with Crippen LogP contribution in [0.2, 0.25) is 0 Å². The van der Waals surface area contributed by atoms with Crippen LogP contribution < -0.4 is 10.1 Å². The number of carbonyl (C=O) groups is 2. The average molecular weight is 211 g/mol. The lowest BCUT2D eigenvalue weighted by molar-refractivity contribution is -0.114. The normalized spacial score (nSPS) is 9.53. The number of hydrogen-bond acceptors (Lipinski definition) is 3. The van der Waals surface area contributed by atoms with Crippen LogP contribution in [-0.4, -0.2) is 19.3 Å². The van der Waals surface area contributed by atoms with Crippen molar-refractivity contribution in [1.29, 1.82) is 0 Å². The zero-order valence-electron chi connectivity index (χ0n) is 8.33. The fourth-order valence-electron chi connectivity index (χ4n) is 1.13. The van der Waals surface area contributed by atoms with Crippen LogP contribution >= 0.6 is 0 Å². The maximum absolute atomic E-state index is 13.3. The number of benzene rings is 1. The molecule has 1 amide bonds. The van der Waals surface area contributed by atoms with Crippen LogP contribution in [0.15, 0.2) is 12.1 Å². The Morgan fingerprint density at radius 1 is 1.53 bits per heavy atom. The fourth-order valence-corrected chi connectivity index (χ4v) is 1.13. The summed E-state index contributed by atoms with van der Waals surface area (Å²) in [6, 6.07) is 2.28. The molecule has 0 aromatic heterocycles. The minimum absolute atomic E-state index is 0.0367. The zero-order chi connectivity index (χ0) is 11.4. The average Bonchev–Trinajstić information content (AvgIpc) is 2.19. The summed E-state index contributed by atoms with van der Waals surface area (Å²) in [5.74, 6) is -0.917. The molecule has 0 spiro atoms. The number of halogens is 1. The summed E-state index contributed by atoms with van der Waals surface area (Å²) in [5.41, 5.74) is 0.146. The van der Waals surface area contributed by atoms with Gasteiger partial charge in [0.2, 0.25) is 5.91 Å². The van der Waals surface area contributed by atoms with Crippen molar-refractivity contribution in [3.63, 3.8) is 0 Å². The molecule has 80 valence electrons. The summed E-state index contributed by atoms with van der Waals surface area (Å²) in [5, 5.41) is 2.27. The molecule has 15 heavy (non-hydrogen) atoms. The van der Waals surface area contributed by atoms with E-state index in [1.807, 2.05) is 0 Å². The van der Waals surface area contributed by atoms with E-state index < -0.39 is 11.7 Å². The molecule has 0 atom stereocenters. The maximum atomic E-state index is 13.3. The van der Waals surface area contributed by atoms with Crippen molar-refractivity contribution in [3.8, 4) is 5.75 Å². The third-order valence-electron chi connectivity index (χ3n) is 1.76. The van der Waals surface area contributed by atoms with Crippen molar-refractivity contribution in [2.45, 2.75) is 6.92 Å². The second kappa shape index (κ2) is 4.54. The smallest absolute Gasteiger partial charge is 0.221 e. The summed E-state index contributed by atoms with van der Waals surface area (Å²) in [6.45, 7) is 1.25. The number of aldehydes is 1. The summed E-state index contributed by atoms with van der Waals surface area (Å²) in [7, 11) is 1.33. The van der Waals surface area contributed by atoms with Crippen LogP contribution in [0.4, 0.5) is 10.1 Å². The standard InChI is InChI=1S/C10H10FNO3/c1-6(14)12-9-3-7(5-13)10(15-2)4-8(9)11/h3-5H,1-2H3,(H,12,14). The molecule has 0 aliphatic rings. The Kier molecular flexibility index (Phi) is 3.38. The third kappa shape index (κ3) is 2.52. The number of methoxy groups -OCH3 is 1. The zero-order valence-corrected chi connectivity index (χ0v) is 8.33. The molecule has 4 nitrogen and oxygen atoms in total. The predicted molar refractivity (Wildman–Crippen MR) is 52.6 cm³/mol. The topological polar surface area (TPSA) is 55.4 Å². The van der Waals surface area contributed by atoms with Gasteiger partial charge in [-0.3, -0.25) is 9.59 Å². The van der Waals surface area contributed by atoms with Gasteiger partial charge < -0.3 is 10.1 Å². The molecule has 1 rings (SSSR count). The molecule has 0 bridgehead atoms. The van der Waals surface area contributed by atoms with E-state index in [1.165, 1.54) is 20.1 Å². The summed E-state index contributed by atoms with van der Waals surface area (Å²) in [4.78, 5) is 21.3.